The molecule has 0 aliphatic rings. The molecule has 0 saturated heterocycles. The van der Waals surface area contributed by atoms with E-state index in [2.05, 4.69) is 10.2 Å². The summed E-state index contributed by atoms with van der Waals surface area (Å²) in [5.41, 5.74) is -3.02. The van der Waals surface area contributed by atoms with Crippen LogP contribution in [0, 0.1) is 0 Å². The average molecular weight is 550 g/mol. The molecule has 0 amide bonds. The SMILES string of the molecule is O=C(n1nc(-c2ccc3ccccc3c2)cc1C(F)(F)F)n1nc(-c2ccc3ccccc3c2)cc1C(F)(F)F. The minimum Gasteiger partial charge on any atom is -0.244 e. The van der Waals surface area contributed by atoms with Crippen molar-refractivity contribution >= 4 is 27.6 Å². The van der Waals surface area contributed by atoms with E-state index >= 15 is 0 Å². The first-order valence-corrected chi connectivity index (χ1v) is 11.9. The molecule has 0 aliphatic heterocycles. The summed E-state index contributed by atoms with van der Waals surface area (Å²) in [6.45, 7) is 0. The van der Waals surface area contributed by atoms with Gasteiger partial charge in [0.1, 0.15) is 0 Å². The Balaban J connectivity index is 1.48. The molecule has 6 aromatic rings. The first-order chi connectivity index (χ1) is 19.0. The molecule has 0 atom stereocenters. The molecular formula is C29H16F6N4O. The summed E-state index contributed by atoms with van der Waals surface area (Å²) in [6.07, 6.45) is -10.2. The van der Waals surface area contributed by atoms with Crippen LogP contribution in [0.5, 0.6) is 0 Å². The molecule has 2 heterocycles. The fraction of sp³-hybridized carbons (Fsp3) is 0.0690. The second-order valence-corrected chi connectivity index (χ2v) is 9.06. The number of fused-ring (bicyclic) bond motifs is 2. The van der Waals surface area contributed by atoms with Crippen molar-refractivity contribution in [1.29, 1.82) is 0 Å². The number of benzene rings is 4. The summed E-state index contributed by atoms with van der Waals surface area (Å²) in [7, 11) is 0. The van der Waals surface area contributed by atoms with Crippen LogP contribution in [0.15, 0.2) is 97.1 Å². The Morgan fingerprint density at radius 3 is 1.27 bits per heavy atom. The van der Waals surface area contributed by atoms with Crippen LogP contribution in [0.4, 0.5) is 31.1 Å². The van der Waals surface area contributed by atoms with Crippen LogP contribution in [0.2, 0.25) is 0 Å². The number of nitrogens with zero attached hydrogens (tertiary/aromatic N) is 4. The summed E-state index contributed by atoms with van der Waals surface area (Å²) in [4.78, 5) is 13.3. The van der Waals surface area contributed by atoms with Gasteiger partial charge in [-0.05, 0) is 45.8 Å². The molecule has 0 spiro atoms. The largest absolute Gasteiger partial charge is 0.433 e. The van der Waals surface area contributed by atoms with E-state index in [1.807, 2.05) is 12.1 Å². The van der Waals surface area contributed by atoms with Gasteiger partial charge in [0.2, 0.25) is 0 Å². The Hall–Kier alpha value is -4.93. The summed E-state index contributed by atoms with van der Waals surface area (Å²) in [5.74, 6) is 0. The van der Waals surface area contributed by atoms with Crippen molar-refractivity contribution in [1.82, 2.24) is 19.6 Å². The zero-order chi connectivity index (χ0) is 28.2. The van der Waals surface area contributed by atoms with Gasteiger partial charge in [0.25, 0.3) is 0 Å². The monoisotopic (exact) mass is 550 g/mol. The van der Waals surface area contributed by atoms with Crippen LogP contribution in [-0.2, 0) is 12.4 Å². The number of hydrogen-bond acceptors (Lipinski definition) is 3. The highest BCUT2D eigenvalue weighted by Gasteiger charge is 2.42. The van der Waals surface area contributed by atoms with Crippen molar-refractivity contribution in [2.75, 3.05) is 0 Å². The molecule has 0 saturated carbocycles. The Bertz CT molecular complexity index is 1780. The lowest BCUT2D eigenvalue weighted by Gasteiger charge is -2.11. The molecule has 6 rings (SSSR count). The van der Waals surface area contributed by atoms with E-state index in [1.165, 1.54) is 12.1 Å². The molecular weight excluding hydrogens is 534 g/mol. The van der Waals surface area contributed by atoms with Gasteiger partial charge in [-0.2, -0.15) is 45.9 Å². The molecule has 2 aromatic heterocycles. The van der Waals surface area contributed by atoms with Gasteiger partial charge in [-0.25, -0.2) is 4.79 Å². The van der Waals surface area contributed by atoms with Crippen molar-refractivity contribution in [3.63, 3.8) is 0 Å². The summed E-state index contributed by atoms with van der Waals surface area (Å²) in [6, 6.07) is 23.3. The van der Waals surface area contributed by atoms with Gasteiger partial charge in [-0.3, -0.25) is 0 Å². The molecule has 0 bridgehead atoms. The number of hydrogen-bond donors (Lipinski definition) is 0. The smallest absolute Gasteiger partial charge is 0.244 e. The molecule has 200 valence electrons. The lowest BCUT2D eigenvalue weighted by Crippen LogP contribution is -2.30. The lowest BCUT2D eigenvalue weighted by atomic mass is 10.1. The van der Waals surface area contributed by atoms with Crippen LogP contribution >= 0.6 is 0 Å². The molecule has 0 radical (unpaired) electrons. The predicted octanol–water partition coefficient (Wildman–Crippen LogP) is 8.27. The molecule has 5 nitrogen and oxygen atoms in total. The van der Waals surface area contributed by atoms with E-state index in [1.54, 1.807) is 60.7 Å². The van der Waals surface area contributed by atoms with Gasteiger partial charge in [0.15, 0.2) is 11.4 Å². The summed E-state index contributed by atoms with van der Waals surface area (Å²) >= 11 is 0. The fourth-order valence-corrected chi connectivity index (χ4v) is 4.53. The number of aromatic nitrogens is 4. The van der Waals surface area contributed by atoms with E-state index < -0.39 is 29.8 Å². The van der Waals surface area contributed by atoms with Gasteiger partial charge in [-0.15, -0.1) is 0 Å². The van der Waals surface area contributed by atoms with Crippen LogP contribution in [0.25, 0.3) is 44.1 Å². The summed E-state index contributed by atoms with van der Waals surface area (Å²) < 4.78 is 83.8. The van der Waals surface area contributed by atoms with Crippen molar-refractivity contribution in [3.05, 3.63) is 108 Å². The zero-order valence-electron chi connectivity index (χ0n) is 20.2. The molecule has 0 N–H and O–H groups in total. The van der Waals surface area contributed by atoms with Crippen LogP contribution in [0.1, 0.15) is 11.4 Å². The molecule has 0 fully saturated rings. The highest BCUT2D eigenvalue weighted by atomic mass is 19.4. The topological polar surface area (TPSA) is 52.7 Å². The number of halogens is 6. The predicted molar refractivity (Wildman–Crippen MR) is 137 cm³/mol. The van der Waals surface area contributed by atoms with Crippen LogP contribution in [0.3, 0.4) is 0 Å². The first kappa shape index (κ1) is 25.4. The van der Waals surface area contributed by atoms with E-state index in [0.717, 1.165) is 10.8 Å². The minimum absolute atomic E-state index is 0.0864. The number of carbonyl (C=O) groups excluding carboxylic acids is 1. The van der Waals surface area contributed by atoms with Crippen molar-refractivity contribution < 1.29 is 31.1 Å². The normalized spacial score (nSPS) is 12.3. The first-order valence-electron chi connectivity index (χ1n) is 11.9. The minimum atomic E-state index is -5.09. The van der Waals surface area contributed by atoms with Crippen LogP contribution in [-0.4, -0.2) is 25.6 Å². The zero-order valence-corrected chi connectivity index (χ0v) is 20.2. The Labute approximate surface area is 221 Å². The molecule has 4 aromatic carbocycles. The lowest BCUT2D eigenvalue weighted by molar-refractivity contribution is -0.143. The van der Waals surface area contributed by atoms with E-state index in [9.17, 15) is 31.1 Å². The van der Waals surface area contributed by atoms with E-state index in [0.29, 0.717) is 22.9 Å². The second kappa shape index (κ2) is 9.08. The third-order valence-electron chi connectivity index (χ3n) is 6.45. The van der Waals surface area contributed by atoms with Gasteiger partial charge >= 0.3 is 18.4 Å². The Morgan fingerprint density at radius 2 is 0.900 bits per heavy atom. The third kappa shape index (κ3) is 4.49. The maximum atomic E-state index is 14.0. The van der Waals surface area contributed by atoms with Gasteiger partial charge < -0.3 is 0 Å². The van der Waals surface area contributed by atoms with E-state index in [-0.39, 0.29) is 31.9 Å². The number of alkyl halides is 6. The van der Waals surface area contributed by atoms with Crippen molar-refractivity contribution in [2.24, 2.45) is 0 Å². The number of rotatable bonds is 2. The maximum absolute atomic E-state index is 14.0. The molecule has 0 unspecified atom stereocenters. The summed E-state index contributed by atoms with van der Waals surface area (Å²) in [5, 5.41) is 10.7. The van der Waals surface area contributed by atoms with Gasteiger partial charge in [0, 0.05) is 11.1 Å². The Kier molecular flexibility index (Phi) is 5.75. The highest BCUT2D eigenvalue weighted by molar-refractivity contribution is 5.89. The quantitative estimate of drug-likeness (QED) is 0.204. The third-order valence-corrected chi connectivity index (χ3v) is 6.45. The fourth-order valence-electron chi connectivity index (χ4n) is 4.53. The average Bonchev–Trinajstić information content (AvgIpc) is 3.58. The van der Waals surface area contributed by atoms with Gasteiger partial charge in [-0.1, -0.05) is 72.8 Å². The van der Waals surface area contributed by atoms with Crippen LogP contribution < -0.4 is 0 Å². The highest BCUT2D eigenvalue weighted by Crippen LogP contribution is 2.36. The molecule has 11 heteroatoms. The van der Waals surface area contributed by atoms with Crippen molar-refractivity contribution in [3.8, 4) is 22.5 Å². The standard InChI is InChI=1S/C29H16F6N4O/c30-28(31,32)25-15-23(21-11-9-17-5-1-3-7-19(17)13-21)36-38(25)27(40)39-26(29(33,34)35)16-24(37-39)22-12-10-18-6-2-4-8-20(18)14-22/h1-16H. The molecule has 0 aliphatic carbocycles. The van der Waals surface area contributed by atoms with Crippen molar-refractivity contribution in [2.45, 2.75) is 12.4 Å². The maximum Gasteiger partial charge on any atom is 0.433 e. The second-order valence-electron chi connectivity index (χ2n) is 9.06. The Morgan fingerprint density at radius 1 is 0.525 bits per heavy atom. The molecule has 40 heavy (non-hydrogen) atoms. The van der Waals surface area contributed by atoms with Gasteiger partial charge in [0.05, 0.1) is 11.4 Å². The number of carbonyl (C=O) groups is 1. The van der Waals surface area contributed by atoms with E-state index in [4.69, 9.17) is 0 Å².